The lowest BCUT2D eigenvalue weighted by atomic mass is 10.1. The number of aryl methyl sites for hydroxylation is 2. The van der Waals surface area contributed by atoms with Crippen molar-refractivity contribution >= 4 is 17.2 Å². The van der Waals surface area contributed by atoms with Crippen LogP contribution in [0.2, 0.25) is 0 Å². The fraction of sp³-hybridized carbons (Fsp3) is 0.429. The lowest BCUT2D eigenvalue weighted by Gasteiger charge is -2.01. The Hall–Kier alpha value is -1.62. The molecule has 19 heavy (non-hydrogen) atoms. The number of rotatable bonds is 6. The van der Waals surface area contributed by atoms with Crippen LogP contribution in [0.3, 0.4) is 0 Å². The first-order valence-corrected chi connectivity index (χ1v) is 7.38. The summed E-state index contributed by atoms with van der Waals surface area (Å²) < 4.78 is 0. The summed E-state index contributed by atoms with van der Waals surface area (Å²) in [7, 11) is 0. The second-order valence-corrected chi connectivity index (χ2v) is 5.74. The predicted molar refractivity (Wildman–Crippen MR) is 77.7 cm³/mol. The summed E-state index contributed by atoms with van der Waals surface area (Å²) >= 11 is 1.57. The first-order chi connectivity index (χ1) is 9.20. The van der Waals surface area contributed by atoms with Gasteiger partial charge in [-0.05, 0) is 25.0 Å². The van der Waals surface area contributed by atoms with Crippen LogP contribution in [0, 0.1) is 6.92 Å². The Balaban J connectivity index is 1.87. The highest BCUT2D eigenvalue weighted by molar-refractivity contribution is 7.14. The van der Waals surface area contributed by atoms with Gasteiger partial charge < -0.3 is 10.3 Å². The molecule has 102 valence electrons. The van der Waals surface area contributed by atoms with Crippen LogP contribution >= 0.6 is 11.3 Å². The van der Waals surface area contributed by atoms with E-state index in [0.29, 0.717) is 6.54 Å². The number of hydrogen-bond donors (Lipinski definition) is 2. The van der Waals surface area contributed by atoms with Gasteiger partial charge >= 0.3 is 0 Å². The second kappa shape index (κ2) is 6.52. The van der Waals surface area contributed by atoms with Crippen LogP contribution in [0.15, 0.2) is 18.5 Å². The third kappa shape index (κ3) is 3.67. The molecule has 2 N–H and O–H groups in total. The minimum Gasteiger partial charge on any atom is -0.351 e. The molecule has 0 aliphatic heterocycles. The largest absolute Gasteiger partial charge is 0.351 e. The van der Waals surface area contributed by atoms with Gasteiger partial charge in [-0.25, -0.2) is 4.98 Å². The van der Waals surface area contributed by atoms with Gasteiger partial charge in [0.05, 0.1) is 4.88 Å². The number of nitrogens with zero attached hydrogens (tertiary/aromatic N) is 1. The zero-order valence-corrected chi connectivity index (χ0v) is 12.1. The van der Waals surface area contributed by atoms with E-state index in [1.165, 1.54) is 10.4 Å². The monoisotopic (exact) mass is 277 g/mol. The van der Waals surface area contributed by atoms with Crippen LogP contribution in [-0.4, -0.2) is 22.4 Å². The fourth-order valence-corrected chi connectivity index (χ4v) is 2.95. The smallest absolute Gasteiger partial charge is 0.261 e. The number of nitrogens with one attached hydrogen (secondary N) is 2. The summed E-state index contributed by atoms with van der Waals surface area (Å²) in [6, 6.07) is 2.02. The number of aromatic amines is 1. The summed E-state index contributed by atoms with van der Waals surface area (Å²) in [5, 5.41) is 2.93. The fourth-order valence-electron chi connectivity index (χ4n) is 1.97. The van der Waals surface area contributed by atoms with Gasteiger partial charge in [0.25, 0.3) is 5.91 Å². The summed E-state index contributed by atoms with van der Waals surface area (Å²) in [6.07, 6.45) is 6.39. The molecule has 0 aromatic carbocycles. The highest BCUT2D eigenvalue weighted by Crippen LogP contribution is 2.22. The van der Waals surface area contributed by atoms with Gasteiger partial charge in [0.1, 0.15) is 5.82 Å². The predicted octanol–water partition coefficient (Wildman–Crippen LogP) is 2.70. The van der Waals surface area contributed by atoms with Crippen molar-refractivity contribution in [2.45, 2.75) is 33.1 Å². The molecule has 0 saturated carbocycles. The van der Waals surface area contributed by atoms with Crippen LogP contribution in [0.1, 0.15) is 39.3 Å². The highest BCUT2D eigenvalue weighted by atomic mass is 32.1. The van der Waals surface area contributed by atoms with E-state index < -0.39 is 0 Å². The molecule has 0 atom stereocenters. The maximum absolute atomic E-state index is 12.0. The van der Waals surface area contributed by atoms with Crippen LogP contribution < -0.4 is 5.32 Å². The molecule has 2 aromatic rings. The standard InChI is InChI=1S/C14H19N3OS/c1-3-4-11-9-12(19-10(11)2)14(18)17-6-5-13-15-7-8-16-13/h7-9H,3-6H2,1-2H3,(H,15,16)(H,17,18). The van der Waals surface area contributed by atoms with Crippen molar-refractivity contribution in [3.63, 3.8) is 0 Å². The van der Waals surface area contributed by atoms with Crippen LogP contribution in [0.4, 0.5) is 0 Å². The first kappa shape index (κ1) is 13.8. The molecule has 2 rings (SSSR count). The molecule has 0 fully saturated rings. The molecule has 2 aromatic heterocycles. The third-order valence-electron chi connectivity index (χ3n) is 2.97. The Morgan fingerprint density at radius 2 is 2.32 bits per heavy atom. The van der Waals surface area contributed by atoms with E-state index >= 15 is 0 Å². The van der Waals surface area contributed by atoms with Crippen LogP contribution in [0.25, 0.3) is 0 Å². The van der Waals surface area contributed by atoms with Crippen LogP contribution in [-0.2, 0) is 12.8 Å². The maximum atomic E-state index is 12.0. The van der Waals surface area contributed by atoms with Crippen molar-refractivity contribution in [2.24, 2.45) is 0 Å². The number of carbonyl (C=O) groups excluding carboxylic acids is 1. The van der Waals surface area contributed by atoms with Crippen molar-refractivity contribution in [1.29, 1.82) is 0 Å². The van der Waals surface area contributed by atoms with Crippen molar-refractivity contribution < 1.29 is 4.79 Å². The topological polar surface area (TPSA) is 57.8 Å². The zero-order valence-electron chi connectivity index (χ0n) is 11.3. The molecule has 0 unspecified atom stereocenters. The molecule has 2 heterocycles. The van der Waals surface area contributed by atoms with Crippen molar-refractivity contribution in [3.8, 4) is 0 Å². The summed E-state index contributed by atoms with van der Waals surface area (Å²) in [6.45, 7) is 4.84. The van der Waals surface area contributed by atoms with Gasteiger partial charge in [0, 0.05) is 30.2 Å². The van der Waals surface area contributed by atoms with E-state index in [4.69, 9.17) is 0 Å². The number of hydrogen-bond acceptors (Lipinski definition) is 3. The lowest BCUT2D eigenvalue weighted by molar-refractivity contribution is 0.0958. The molecule has 0 aliphatic rings. The number of aromatic nitrogens is 2. The van der Waals surface area contributed by atoms with E-state index in [1.54, 1.807) is 23.7 Å². The Kier molecular flexibility index (Phi) is 4.74. The Labute approximate surface area is 117 Å². The summed E-state index contributed by atoms with van der Waals surface area (Å²) in [4.78, 5) is 21.2. The van der Waals surface area contributed by atoms with Gasteiger partial charge in [0.2, 0.25) is 0 Å². The Morgan fingerprint density at radius 1 is 1.47 bits per heavy atom. The maximum Gasteiger partial charge on any atom is 0.261 e. The van der Waals surface area contributed by atoms with Crippen molar-refractivity contribution in [2.75, 3.05) is 6.54 Å². The Morgan fingerprint density at radius 3 is 3.00 bits per heavy atom. The summed E-state index contributed by atoms with van der Waals surface area (Å²) in [5.41, 5.74) is 1.30. The van der Waals surface area contributed by atoms with Gasteiger partial charge in [-0.15, -0.1) is 11.3 Å². The zero-order chi connectivity index (χ0) is 13.7. The molecule has 0 spiro atoms. The normalized spacial score (nSPS) is 10.6. The molecule has 0 saturated heterocycles. The highest BCUT2D eigenvalue weighted by Gasteiger charge is 2.11. The average molecular weight is 277 g/mol. The number of imidazole rings is 1. The molecular weight excluding hydrogens is 258 g/mol. The molecule has 5 heteroatoms. The first-order valence-electron chi connectivity index (χ1n) is 6.56. The lowest BCUT2D eigenvalue weighted by Crippen LogP contribution is -2.25. The number of carbonyl (C=O) groups is 1. The number of amides is 1. The third-order valence-corrected chi connectivity index (χ3v) is 4.06. The van der Waals surface area contributed by atoms with Gasteiger partial charge in [-0.3, -0.25) is 4.79 Å². The van der Waals surface area contributed by atoms with Crippen LogP contribution in [0.5, 0.6) is 0 Å². The minimum atomic E-state index is 0.0157. The van der Waals surface area contributed by atoms with E-state index in [1.807, 2.05) is 6.07 Å². The van der Waals surface area contributed by atoms with Gasteiger partial charge in [-0.2, -0.15) is 0 Å². The van der Waals surface area contributed by atoms with E-state index in [0.717, 1.165) is 30.0 Å². The SMILES string of the molecule is CCCc1cc(C(=O)NCCc2ncc[nH]2)sc1C. The van der Waals surface area contributed by atoms with Gasteiger partial charge in [0.15, 0.2) is 0 Å². The summed E-state index contributed by atoms with van der Waals surface area (Å²) in [5.74, 6) is 0.913. The number of H-pyrrole nitrogens is 1. The molecule has 0 radical (unpaired) electrons. The Bertz CT molecular complexity index is 531. The average Bonchev–Trinajstić information content (AvgIpc) is 3.01. The minimum absolute atomic E-state index is 0.0157. The van der Waals surface area contributed by atoms with E-state index in [-0.39, 0.29) is 5.91 Å². The van der Waals surface area contributed by atoms with Crippen molar-refractivity contribution in [3.05, 3.63) is 39.6 Å². The van der Waals surface area contributed by atoms with E-state index in [9.17, 15) is 4.79 Å². The van der Waals surface area contributed by atoms with Gasteiger partial charge in [-0.1, -0.05) is 13.3 Å². The quantitative estimate of drug-likeness (QED) is 0.853. The van der Waals surface area contributed by atoms with Crippen molar-refractivity contribution in [1.82, 2.24) is 15.3 Å². The molecule has 0 aliphatic carbocycles. The molecule has 1 amide bonds. The molecule has 0 bridgehead atoms. The van der Waals surface area contributed by atoms with E-state index in [2.05, 4.69) is 29.1 Å². The molecular formula is C14H19N3OS. The molecule has 4 nitrogen and oxygen atoms in total. The second-order valence-electron chi connectivity index (χ2n) is 4.48. The number of thiophene rings is 1.